The Kier molecular flexibility index (Phi) is 4.30. The standard InChI is InChI=1S/C20H22N2O3/c1-24-17-5-2-6-18(11-17)25-13-19-14-7-8-16(10-14)22(19)20(23)15-4-3-9-21-12-15/h2-6,9,11-12,14,16,19H,7-8,10,13H2,1H3/t14-,16-,19+/m0/s1. The number of nitrogens with zero attached hydrogens (tertiary/aromatic N) is 2. The second-order valence-corrected chi connectivity index (χ2v) is 6.74. The van der Waals surface area contributed by atoms with Gasteiger partial charge in [0.2, 0.25) is 0 Å². The van der Waals surface area contributed by atoms with Crippen molar-refractivity contribution in [2.45, 2.75) is 31.3 Å². The van der Waals surface area contributed by atoms with Crippen molar-refractivity contribution in [3.63, 3.8) is 0 Å². The van der Waals surface area contributed by atoms with Gasteiger partial charge in [0.1, 0.15) is 18.1 Å². The predicted molar refractivity (Wildman–Crippen MR) is 93.8 cm³/mol. The van der Waals surface area contributed by atoms with Crippen LogP contribution >= 0.6 is 0 Å². The summed E-state index contributed by atoms with van der Waals surface area (Å²) in [6.07, 6.45) is 6.68. The molecule has 1 aliphatic carbocycles. The van der Waals surface area contributed by atoms with Gasteiger partial charge in [0.15, 0.2) is 0 Å². The Balaban J connectivity index is 1.50. The summed E-state index contributed by atoms with van der Waals surface area (Å²) < 4.78 is 11.3. The van der Waals surface area contributed by atoms with E-state index >= 15 is 0 Å². The van der Waals surface area contributed by atoms with E-state index in [-0.39, 0.29) is 11.9 Å². The van der Waals surface area contributed by atoms with E-state index in [0.29, 0.717) is 24.1 Å². The van der Waals surface area contributed by atoms with Gasteiger partial charge in [0.05, 0.1) is 18.7 Å². The second-order valence-electron chi connectivity index (χ2n) is 6.74. The van der Waals surface area contributed by atoms with Gasteiger partial charge < -0.3 is 14.4 Å². The zero-order chi connectivity index (χ0) is 17.2. The summed E-state index contributed by atoms with van der Waals surface area (Å²) in [5.41, 5.74) is 0.654. The molecule has 1 aromatic heterocycles. The average Bonchev–Trinajstić information content (AvgIpc) is 3.28. The predicted octanol–water partition coefficient (Wildman–Crippen LogP) is 3.16. The van der Waals surface area contributed by atoms with Gasteiger partial charge >= 0.3 is 0 Å². The first-order valence-corrected chi connectivity index (χ1v) is 8.76. The summed E-state index contributed by atoms with van der Waals surface area (Å²) in [5.74, 6) is 2.14. The first-order valence-electron chi connectivity index (χ1n) is 8.76. The van der Waals surface area contributed by atoms with Crippen LogP contribution in [0.3, 0.4) is 0 Å². The zero-order valence-corrected chi connectivity index (χ0v) is 14.3. The van der Waals surface area contributed by atoms with Gasteiger partial charge in [-0.3, -0.25) is 9.78 Å². The fourth-order valence-electron chi connectivity index (χ4n) is 4.14. The molecule has 2 bridgehead atoms. The third-order valence-corrected chi connectivity index (χ3v) is 5.35. The molecule has 25 heavy (non-hydrogen) atoms. The van der Waals surface area contributed by atoms with Crippen molar-refractivity contribution in [1.82, 2.24) is 9.88 Å². The highest BCUT2D eigenvalue weighted by Crippen LogP contribution is 2.43. The smallest absolute Gasteiger partial charge is 0.256 e. The van der Waals surface area contributed by atoms with Crippen molar-refractivity contribution < 1.29 is 14.3 Å². The third kappa shape index (κ3) is 3.06. The van der Waals surface area contributed by atoms with Gasteiger partial charge in [-0.1, -0.05) is 6.07 Å². The van der Waals surface area contributed by atoms with E-state index in [1.807, 2.05) is 41.3 Å². The molecule has 1 saturated carbocycles. The van der Waals surface area contributed by atoms with Crippen LogP contribution in [0.1, 0.15) is 29.6 Å². The fourth-order valence-corrected chi connectivity index (χ4v) is 4.14. The number of likely N-dealkylation sites (tertiary alicyclic amines) is 1. The molecule has 1 saturated heterocycles. The Morgan fingerprint density at radius 2 is 2.12 bits per heavy atom. The number of carbonyl (C=O) groups is 1. The number of hydrogen-bond acceptors (Lipinski definition) is 4. The molecule has 130 valence electrons. The van der Waals surface area contributed by atoms with Crippen molar-refractivity contribution in [2.75, 3.05) is 13.7 Å². The number of benzene rings is 1. The molecule has 3 atom stereocenters. The molecule has 2 heterocycles. The van der Waals surface area contributed by atoms with E-state index in [1.165, 1.54) is 6.42 Å². The maximum Gasteiger partial charge on any atom is 0.256 e. The monoisotopic (exact) mass is 338 g/mol. The molecule has 0 unspecified atom stereocenters. The van der Waals surface area contributed by atoms with Crippen molar-refractivity contribution in [3.8, 4) is 11.5 Å². The Bertz CT molecular complexity index is 750. The summed E-state index contributed by atoms with van der Waals surface area (Å²) in [6, 6.07) is 11.7. The van der Waals surface area contributed by atoms with Crippen LogP contribution in [0.15, 0.2) is 48.8 Å². The largest absolute Gasteiger partial charge is 0.497 e. The number of pyridine rings is 1. The van der Waals surface area contributed by atoms with Gasteiger partial charge in [0, 0.05) is 24.5 Å². The molecule has 2 fully saturated rings. The third-order valence-electron chi connectivity index (χ3n) is 5.35. The molecule has 0 N–H and O–H groups in total. The van der Waals surface area contributed by atoms with Crippen molar-refractivity contribution >= 4 is 5.91 Å². The number of fused-ring (bicyclic) bond motifs is 2. The molecule has 5 nitrogen and oxygen atoms in total. The lowest BCUT2D eigenvalue weighted by Gasteiger charge is -2.35. The zero-order valence-electron chi connectivity index (χ0n) is 14.3. The van der Waals surface area contributed by atoms with E-state index in [2.05, 4.69) is 4.98 Å². The number of methoxy groups -OCH3 is 1. The molecule has 1 aromatic carbocycles. The molecular weight excluding hydrogens is 316 g/mol. The van der Waals surface area contributed by atoms with Crippen LogP contribution in [0.25, 0.3) is 0 Å². The quantitative estimate of drug-likeness (QED) is 0.840. The van der Waals surface area contributed by atoms with Crippen LogP contribution in [0.2, 0.25) is 0 Å². The Morgan fingerprint density at radius 1 is 1.24 bits per heavy atom. The first-order chi connectivity index (χ1) is 12.3. The van der Waals surface area contributed by atoms with Gasteiger partial charge in [-0.25, -0.2) is 0 Å². The Hall–Kier alpha value is -2.56. The van der Waals surface area contributed by atoms with E-state index < -0.39 is 0 Å². The first kappa shape index (κ1) is 15.9. The number of aromatic nitrogens is 1. The summed E-state index contributed by atoms with van der Waals surface area (Å²) in [6.45, 7) is 0.514. The number of piperidine rings is 1. The summed E-state index contributed by atoms with van der Waals surface area (Å²) in [5, 5.41) is 0. The van der Waals surface area contributed by atoms with E-state index in [4.69, 9.17) is 9.47 Å². The fraction of sp³-hybridized carbons (Fsp3) is 0.400. The lowest BCUT2D eigenvalue weighted by Crippen LogP contribution is -2.47. The molecule has 2 aromatic rings. The second kappa shape index (κ2) is 6.75. The van der Waals surface area contributed by atoms with Crippen molar-refractivity contribution in [3.05, 3.63) is 54.4 Å². The molecule has 1 amide bonds. The molecule has 4 rings (SSSR count). The van der Waals surface area contributed by atoms with Crippen LogP contribution in [-0.2, 0) is 0 Å². The van der Waals surface area contributed by atoms with Crippen LogP contribution in [0, 0.1) is 5.92 Å². The molecule has 5 heteroatoms. The number of rotatable bonds is 5. The van der Waals surface area contributed by atoms with Gasteiger partial charge in [0.25, 0.3) is 5.91 Å². The SMILES string of the molecule is COc1cccc(OC[C@@H]2[C@H]3CC[C@@H](C3)N2C(=O)c2cccnc2)c1. The van der Waals surface area contributed by atoms with Gasteiger partial charge in [-0.2, -0.15) is 0 Å². The number of carbonyl (C=O) groups excluding carboxylic acids is 1. The highest BCUT2D eigenvalue weighted by Gasteiger charge is 2.48. The highest BCUT2D eigenvalue weighted by atomic mass is 16.5. The molecular formula is C20H22N2O3. The number of ether oxygens (including phenoxy) is 2. The topological polar surface area (TPSA) is 51.7 Å². The van der Waals surface area contributed by atoms with Crippen LogP contribution < -0.4 is 9.47 Å². The molecule has 2 aliphatic rings. The van der Waals surface area contributed by atoms with E-state index in [1.54, 1.807) is 19.5 Å². The van der Waals surface area contributed by atoms with Gasteiger partial charge in [-0.05, 0) is 49.4 Å². The molecule has 0 radical (unpaired) electrons. The minimum atomic E-state index is 0.0690. The van der Waals surface area contributed by atoms with Crippen molar-refractivity contribution in [1.29, 1.82) is 0 Å². The van der Waals surface area contributed by atoms with Gasteiger partial charge in [-0.15, -0.1) is 0 Å². The number of amides is 1. The highest BCUT2D eigenvalue weighted by molar-refractivity contribution is 5.94. The maximum atomic E-state index is 13.0. The minimum absolute atomic E-state index is 0.0690. The van der Waals surface area contributed by atoms with Crippen LogP contribution in [-0.4, -0.2) is 41.6 Å². The Morgan fingerprint density at radius 3 is 2.92 bits per heavy atom. The summed E-state index contributed by atoms with van der Waals surface area (Å²) in [4.78, 5) is 19.1. The minimum Gasteiger partial charge on any atom is -0.497 e. The average molecular weight is 338 g/mol. The number of hydrogen-bond donors (Lipinski definition) is 0. The molecule has 0 spiro atoms. The lowest BCUT2D eigenvalue weighted by atomic mass is 9.99. The molecule has 1 aliphatic heterocycles. The van der Waals surface area contributed by atoms with Crippen LogP contribution in [0.4, 0.5) is 0 Å². The van der Waals surface area contributed by atoms with E-state index in [9.17, 15) is 4.79 Å². The van der Waals surface area contributed by atoms with E-state index in [0.717, 1.165) is 24.3 Å². The van der Waals surface area contributed by atoms with Crippen LogP contribution in [0.5, 0.6) is 11.5 Å². The summed E-state index contributed by atoms with van der Waals surface area (Å²) in [7, 11) is 1.64. The lowest BCUT2D eigenvalue weighted by molar-refractivity contribution is 0.0505. The van der Waals surface area contributed by atoms with Crippen molar-refractivity contribution in [2.24, 2.45) is 5.92 Å². The normalized spacial score (nSPS) is 24.4. The Labute approximate surface area is 147 Å². The maximum absolute atomic E-state index is 13.0. The summed E-state index contributed by atoms with van der Waals surface area (Å²) >= 11 is 0.